The van der Waals surface area contributed by atoms with E-state index in [0.717, 1.165) is 22.9 Å². The maximum absolute atomic E-state index is 12.4. The van der Waals surface area contributed by atoms with Crippen molar-refractivity contribution < 1.29 is 9.90 Å². The van der Waals surface area contributed by atoms with Crippen LogP contribution in [0.25, 0.3) is 0 Å². The summed E-state index contributed by atoms with van der Waals surface area (Å²) in [5.41, 5.74) is 0.462. The van der Waals surface area contributed by atoms with Crippen molar-refractivity contribution >= 4 is 28.6 Å². The molecule has 2 heterocycles. The molecule has 0 bridgehead atoms. The van der Waals surface area contributed by atoms with Gasteiger partial charge in [-0.3, -0.25) is 4.79 Å². The molecule has 20 heavy (non-hydrogen) atoms. The predicted molar refractivity (Wildman–Crippen MR) is 80.0 cm³/mol. The zero-order chi connectivity index (χ0) is 14.4. The number of thiazole rings is 2. The van der Waals surface area contributed by atoms with Crippen molar-refractivity contribution in [3.8, 4) is 0 Å². The van der Waals surface area contributed by atoms with Gasteiger partial charge in [0.1, 0.15) is 10.7 Å². The minimum absolute atomic E-state index is 0.0664. The van der Waals surface area contributed by atoms with E-state index in [1.807, 2.05) is 5.38 Å². The highest BCUT2D eigenvalue weighted by atomic mass is 32.1. The van der Waals surface area contributed by atoms with Crippen LogP contribution in [0.1, 0.15) is 33.8 Å². The van der Waals surface area contributed by atoms with Crippen LogP contribution in [-0.2, 0) is 13.0 Å². The summed E-state index contributed by atoms with van der Waals surface area (Å²) in [5, 5.41) is 14.6. The molecule has 0 atom stereocenters. The lowest BCUT2D eigenvalue weighted by Gasteiger charge is -2.19. The van der Waals surface area contributed by atoms with Gasteiger partial charge in [-0.25, -0.2) is 9.97 Å². The number of carbonyl (C=O) groups excluding carboxylic acids is 1. The van der Waals surface area contributed by atoms with Gasteiger partial charge in [0.15, 0.2) is 0 Å². The van der Waals surface area contributed by atoms with Crippen LogP contribution < -0.4 is 0 Å². The van der Waals surface area contributed by atoms with Gasteiger partial charge in [-0.2, -0.15) is 0 Å². The topological polar surface area (TPSA) is 66.3 Å². The molecule has 0 unspecified atom stereocenters. The highest BCUT2D eigenvalue weighted by Crippen LogP contribution is 2.15. The molecule has 2 rings (SSSR count). The summed E-state index contributed by atoms with van der Waals surface area (Å²) in [4.78, 5) is 22.5. The van der Waals surface area contributed by atoms with E-state index < -0.39 is 0 Å². The molecule has 0 aromatic carbocycles. The number of aliphatic hydroxyl groups is 1. The van der Waals surface area contributed by atoms with Gasteiger partial charge in [-0.1, -0.05) is 6.92 Å². The lowest BCUT2D eigenvalue weighted by molar-refractivity contribution is 0.0702. The minimum atomic E-state index is -0.146. The second-order valence-corrected chi connectivity index (χ2v) is 6.17. The van der Waals surface area contributed by atoms with E-state index in [-0.39, 0.29) is 12.5 Å². The fourth-order valence-electron chi connectivity index (χ4n) is 1.77. The van der Waals surface area contributed by atoms with Gasteiger partial charge in [-0.05, 0) is 12.8 Å². The zero-order valence-electron chi connectivity index (χ0n) is 11.3. The molecule has 2 aromatic rings. The van der Waals surface area contributed by atoms with Gasteiger partial charge >= 0.3 is 0 Å². The normalized spacial score (nSPS) is 10.7. The number of aromatic nitrogens is 2. The van der Waals surface area contributed by atoms with Crippen LogP contribution in [0.2, 0.25) is 0 Å². The van der Waals surface area contributed by atoms with Crippen LogP contribution in [0.4, 0.5) is 0 Å². The number of amides is 1. The molecule has 0 aliphatic rings. The number of nitrogens with zero attached hydrogens (tertiary/aromatic N) is 3. The molecule has 108 valence electrons. The third kappa shape index (κ3) is 3.84. The first-order valence-electron chi connectivity index (χ1n) is 6.47. The summed E-state index contributed by atoms with van der Waals surface area (Å²) in [5.74, 6) is -0.146. The summed E-state index contributed by atoms with van der Waals surface area (Å²) >= 11 is 3.01. The molecular weight excluding hydrogens is 294 g/mol. The number of hydrogen-bond donors (Lipinski definition) is 1. The molecule has 0 aliphatic heterocycles. The van der Waals surface area contributed by atoms with Crippen molar-refractivity contribution in [3.05, 3.63) is 32.7 Å². The van der Waals surface area contributed by atoms with E-state index in [9.17, 15) is 4.79 Å². The summed E-state index contributed by atoms with van der Waals surface area (Å²) in [6, 6.07) is 0. The first-order valence-corrected chi connectivity index (χ1v) is 8.23. The van der Waals surface area contributed by atoms with E-state index in [4.69, 9.17) is 5.11 Å². The summed E-state index contributed by atoms with van der Waals surface area (Å²) in [7, 11) is 0. The van der Waals surface area contributed by atoms with E-state index in [0.29, 0.717) is 18.8 Å². The Morgan fingerprint density at radius 3 is 2.90 bits per heavy atom. The van der Waals surface area contributed by atoms with Crippen LogP contribution >= 0.6 is 22.7 Å². The van der Waals surface area contributed by atoms with Gasteiger partial charge < -0.3 is 10.0 Å². The summed E-state index contributed by atoms with van der Waals surface area (Å²) < 4.78 is 0. The van der Waals surface area contributed by atoms with Crippen molar-refractivity contribution in [3.63, 3.8) is 0 Å². The van der Waals surface area contributed by atoms with Crippen molar-refractivity contribution in [1.82, 2.24) is 14.9 Å². The Morgan fingerprint density at radius 1 is 1.40 bits per heavy atom. The maximum Gasteiger partial charge on any atom is 0.273 e. The molecule has 5 nitrogen and oxygen atoms in total. The van der Waals surface area contributed by atoms with Gasteiger partial charge in [0, 0.05) is 23.5 Å². The Kier molecular flexibility index (Phi) is 5.63. The lowest BCUT2D eigenvalue weighted by atomic mass is 10.3. The van der Waals surface area contributed by atoms with Crippen molar-refractivity contribution in [2.24, 2.45) is 0 Å². The first kappa shape index (κ1) is 15.1. The average molecular weight is 311 g/mol. The monoisotopic (exact) mass is 311 g/mol. The van der Waals surface area contributed by atoms with E-state index >= 15 is 0 Å². The third-order valence-electron chi connectivity index (χ3n) is 2.70. The lowest BCUT2D eigenvalue weighted by Crippen LogP contribution is -2.33. The van der Waals surface area contributed by atoms with Crippen LogP contribution in [0, 0.1) is 0 Å². The van der Waals surface area contributed by atoms with Gasteiger partial charge in [-0.15, -0.1) is 22.7 Å². The Hall–Kier alpha value is -1.31. The quantitative estimate of drug-likeness (QED) is 0.851. The highest BCUT2D eigenvalue weighted by Gasteiger charge is 2.19. The second kappa shape index (κ2) is 7.47. The van der Waals surface area contributed by atoms with Crippen molar-refractivity contribution in [2.75, 3.05) is 13.2 Å². The number of aryl methyl sites for hydroxylation is 1. The standard InChI is InChI=1S/C13H17N3O2S2/c1-2-3-11-15-10(9-20-11)13(18)16(5-6-17)8-12-14-4-7-19-12/h4,7,9,17H,2-3,5-6,8H2,1H3. The van der Waals surface area contributed by atoms with Crippen LogP contribution in [0.15, 0.2) is 17.0 Å². The fourth-order valence-corrected chi connectivity index (χ4v) is 3.27. The highest BCUT2D eigenvalue weighted by molar-refractivity contribution is 7.10. The summed E-state index contributed by atoms with van der Waals surface area (Å²) in [6.45, 7) is 2.73. The number of rotatable bonds is 7. The Bertz CT molecular complexity index is 540. The number of carbonyl (C=O) groups is 1. The van der Waals surface area contributed by atoms with E-state index in [1.54, 1.807) is 16.5 Å². The fraction of sp³-hybridized carbons (Fsp3) is 0.462. The SMILES string of the molecule is CCCc1nc(C(=O)N(CCO)Cc2nccs2)cs1. The van der Waals surface area contributed by atoms with E-state index in [1.165, 1.54) is 22.7 Å². The van der Waals surface area contributed by atoms with E-state index in [2.05, 4.69) is 16.9 Å². The molecule has 1 amide bonds. The van der Waals surface area contributed by atoms with Gasteiger partial charge in [0.2, 0.25) is 0 Å². The Morgan fingerprint density at radius 2 is 2.25 bits per heavy atom. The molecular formula is C13H17N3O2S2. The largest absolute Gasteiger partial charge is 0.395 e. The van der Waals surface area contributed by atoms with Crippen LogP contribution in [0.3, 0.4) is 0 Å². The van der Waals surface area contributed by atoms with Crippen molar-refractivity contribution in [1.29, 1.82) is 0 Å². The Balaban J connectivity index is 2.08. The minimum Gasteiger partial charge on any atom is -0.395 e. The number of hydrogen-bond acceptors (Lipinski definition) is 6. The molecule has 0 spiro atoms. The number of aliphatic hydroxyl groups excluding tert-OH is 1. The third-order valence-corrected chi connectivity index (χ3v) is 4.37. The molecule has 0 saturated carbocycles. The smallest absolute Gasteiger partial charge is 0.273 e. The molecule has 0 aliphatic carbocycles. The second-order valence-electron chi connectivity index (χ2n) is 4.25. The molecule has 0 saturated heterocycles. The average Bonchev–Trinajstić information content (AvgIpc) is 3.09. The molecule has 1 N–H and O–H groups in total. The maximum atomic E-state index is 12.4. The zero-order valence-corrected chi connectivity index (χ0v) is 12.9. The molecule has 0 fully saturated rings. The Labute approximate surface area is 125 Å². The van der Waals surface area contributed by atoms with Crippen LogP contribution in [-0.4, -0.2) is 39.0 Å². The first-order chi connectivity index (χ1) is 9.74. The summed E-state index contributed by atoms with van der Waals surface area (Å²) in [6.07, 6.45) is 3.62. The van der Waals surface area contributed by atoms with Crippen LogP contribution in [0.5, 0.6) is 0 Å². The molecule has 0 radical (unpaired) electrons. The predicted octanol–water partition coefficient (Wildman–Crippen LogP) is 2.19. The van der Waals surface area contributed by atoms with Crippen molar-refractivity contribution in [2.45, 2.75) is 26.3 Å². The molecule has 2 aromatic heterocycles. The van der Waals surface area contributed by atoms with Gasteiger partial charge in [0.25, 0.3) is 5.91 Å². The molecule has 7 heteroatoms. The van der Waals surface area contributed by atoms with Gasteiger partial charge in [0.05, 0.1) is 18.2 Å².